The molecule has 0 fully saturated rings. The highest BCUT2D eigenvalue weighted by Crippen LogP contribution is 2.22. The van der Waals surface area contributed by atoms with Gasteiger partial charge in [-0.1, -0.05) is 48.9 Å². The molecule has 2 aromatic rings. The minimum absolute atomic E-state index is 0.0140. The predicted octanol–water partition coefficient (Wildman–Crippen LogP) is 4.53. The third-order valence-corrected chi connectivity index (χ3v) is 7.47. The van der Waals surface area contributed by atoms with Crippen molar-refractivity contribution in [2.24, 2.45) is 0 Å². The van der Waals surface area contributed by atoms with E-state index < -0.39 is 16.1 Å². The number of hydrogen-bond donors (Lipinski definition) is 1. The van der Waals surface area contributed by atoms with E-state index in [2.05, 4.69) is 5.32 Å². The van der Waals surface area contributed by atoms with E-state index in [4.69, 9.17) is 11.6 Å². The van der Waals surface area contributed by atoms with Crippen molar-refractivity contribution >= 4 is 39.1 Å². The van der Waals surface area contributed by atoms with Crippen LogP contribution in [0.2, 0.25) is 5.02 Å². The Bertz CT molecular complexity index is 1120. The molecule has 0 aliphatic heterocycles. The van der Waals surface area contributed by atoms with Crippen LogP contribution in [0.5, 0.6) is 0 Å². The van der Waals surface area contributed by atoms with E-state index in [0.29, 0.717) is 17.1 Å². The lowest BCUT2D eigenvalue weighted by Crippen LogP contribution is -2.49. The number of carbonyl (C=O) groups is 2. The fourth-order valence-corrected chi connectivity index (χ4v) is 4.80. The third kappa shape index (κ3) is 8.54. The van der Waals surface area contributed by atoms with E-state index in [1.165, 1.54) is 9.21 Å². The van der Waals surface area contributed by atoms with Gasteiger partial charge in [0, 0.05) is 30.6 Å². The molecule has 35 heavy (non-hydrogen) atoms. The molecule has 7 nitrogen and oxygen atoms in total. The lowest BCUT2D eigenvalue weighted by Gasteiger charge is -2.30. The van der Waals surface area contributed by atoms with Crippen LogP contribution in [0, 0.1) is 6.92 Å². The number of halogens is 1. The molecular formula is C26H36ClN3O4S. The highest BCUT2D eigenvalue weighted by atomic mass is 35.5. The summed E-state index contributed by atoms with van der Waals surface area (Å²) < 4.78 is 26.2. The van der Waals surface area contributed by atoms with Crippen molar-refractivity contribution in [1.29, 1.82) is 0 Å². The first-order valence-electron chi connectivity index (χ1n) is 11.8. The number of nitrogens with zero attached hydrogens (tertiary/aromatic N) is 2. The van der Waals surface area contributed by atoms with Crippen LogP contribution in [0.15, 0.2) is 48.5 Å². The lowest BCUT2D eigenvalue weighted by atomic mass is 10.1. The van der Waals surface area contributed by atoms with E-state index in [9.17, 15) is 18.0 Å². The summed E-state index contributed by atoms with van der Waals surface area (Å²) in [6.07, 6.45) is 2.32. The zero-order chi connectivity index (χ0) is 26.2. The Kier molecular flexibility index (Phi) is 10.6. The van der Waals surface area contributed by atoms with Crippen LogP contribution in [0.1, 0.15) is 51.2 Å². The zero-order valence-corrected chi connectivity index (χ0v) is 22.7. The number of hydrogen-bond acceptors (Lipinski definition) is 4. The molecule has 0 saturated heterocycles. The molecule has 2 rings (SSSR count). The highest BCUT2D eigenvalue weighted by molar-refractivity contribution is 7.92. The fraction of sp³-hybridized carbons (Fsp3) is 0.462. The summed E-state index contributed by atoms with van der Waals surface area (Å²) in [5.74, 6) is -0.480. The van der Waals surface area contributed by atoms with Gasteiger partial charge >= 0.3 is 0 Å². The van der Waals surface area contributed by atoms with E-state index >= 15 is 0 Å². The molecule has 0 bridgehead atoms. The monoisotopic (exact) mass is 521 g/mol. The number of benzene rings is 2. The largest absolute Gasteiger partial charge is 0.352 e. The van der Waals surface area contributed by atoms with Gasteiger partial charge in [0.15, 0.2) is 0 Å². The average molecular weight is 522 g/mol. The van der Waals surface area contributed by atoms with Crippen molar-refractivity contribution in [2.75, 3.05) is 17.1 Å². The average Bonchev–Trinajstić information content (AvgIpc) is 2.79. The predicted molar refractivity (Wildman–Crippen MR) is 142 cm³/mol. The maximum absolute atomic E-state index is 13.3. The molecule has 0 saturated carbocycles. The summed E-state index contributed by atoms with van der Waals surface area (Å²) in [6.45, 7) is 7.82. The molecule has 0 heterocycles. The third-order valence-electron chi connectivity index (χ3n) is 5.91. The maximum Gasteiger partial charge on any atom is 0.242 e. The van der Waals surface area contributed by atoms with Gasteiger partial charge in [-0.2, -0.15) is 0 Å². The Morgan fingerprint density at radius 3 is 2.37 bits per heavy atom. The minimum Gasteiger partial charge on any atom is -0.352 e. The quantitative estimate of drug-likeness (QED) is 0.444. The summed E-state index contributed by atoms with van der Waals surface area (Å²) in [5.41, 5.74) is 2.25. The van der Waals surface area contributed by atoms with Crippen molar-refractivity contribution in [3.8, 4) is 0 Å². The summed E-state index contributed by atoms with van der Waals surface area (Å²) in [5, 5.41) is 3.45. The number of nitrogens with one attached hydrogen (secondary N) is 1. The standard InChI is InChI=1S/C26H36ClN3O4S/c1-6-20(3)28-26(32)21(4)29(18-22-12-7-8-14-24(22)27)25(31)15-10-16-30(35(5,33)34)23-13-9-11-19(2)17-23/h7-9,11-14,17,20-21H,6,10,15-16,18H2,1-5H3,(H,28,32)/t20-,21+/m1/s1. The van der Waals surface area contributed by atoms with Gasteiger partial charge in [0.1, 0.15) is 6.04 Å². The number of rotatable bonds is 12. The Morgan fingerprint density at radius 1 is 1.09 bits per heavy atom. The second kappa shape index (κ2) is 12.9. The first-order valence-corrected chi connectivity index (χ1v) is 14.0. The fourth-order valence-electron chi connectivity index (χ4n) is 3.65. The van der Waals surface area contributed by atoms with E-state index in [0.717, 1.165) is 23.8 Å². The zero-order valence-electron chi connectivity index (χ0n) is 21.1. The van der Waals surface area contributed by atoms with E-state index in [1.54, 1.807) is 31.2 Å². The van der Waals surface area contributed by atoms with Crippen molar-refractivity contribution in [3.63, 3.8) is 0 Å². The maximum atomic E-state index is 13.3. The lowest BCUT2D eigenvalue weighted by molar-refractivity contribution is -0.140. The Labute approximate surface area is 214 Å². The first-order chi connectivity index (χ1) is 16.4. The highest BCUT2D eigenvalue weighted by Gasteiger charge is 2.27. The summed E-state index contributed by atoms with van der Waals surface area (Å²) in [7, 11) is -3.53. The van der Waals surface area contributed by atoms with Crippen LogP contribution in [-0.4, -0.2) is 50.0 Å². The van der Waals surface area contributed by atoms with E-state index in [-0.39, 0.29) is 37.4 Å². The summed E-state index contributed by atoms with van der Waals surface area (Å²) in [6, 6.07) is 13.7. The smallest absolute Gasteiger partial charge is 0.242 e. The van der Waals surface area contributed by atoms with Gasteiger partial charge in [-0.05, 0) is 62.9 Å². The topological polar surface area (TPSA) is 86.8 Å². The van der Waals surface area contributed by atoms with Crippen LogP contribution in [0.3, 0.4) is 0 Å². The van der Waals surface area contributed by atoms with Crippen LogP contribution in [0.4, 0.5) is 5.69 Å². The molecule has 9 heteroatoms. The number of sulfonamides is 1. The Morgan fingerprint density at radius 2 is 1.77 bits per heavy atom. The molecule has 0 aliphatic rings. The van der Waals surface area contributed by atoms with Crippen LogP contribution in [0.25, 0.3) is 0 Å². The molecule has 0 aromatic heterocycles. The summed E-state index contributed by atoms with van der Waals surface area (Å²) in [4.78, 5) is 27.7. The SMILES string of the molecule is CC[C@@H](C)NC(=O)[C@H](C)N(Cc1ccccc1Cl)C(=O)CCCN(c1cccc(C)c1)S(C)(=O)=O. The normalized spacial score (nSPS) is 13.1. The minimum atomic E-state index is -3.53. The van der Waals surface area contributed by atoms with Crippen molar-refractivity contribution in [1.82, 2.24) is 10.2 Å². The number of carbonyl (C=O) groups excluding carboxylic acids is 2. The molecule has 0 unspecified atom stereocenters. The van der Waals surface area contributed by atoms with Crippen molar-refractivity contribution < 1.29 is 18.0 Å². The van der Waals surface area contributed by atoms with Gasteiger partial charge in [-0.25, -0.2) is 8.42 Å². The number of aryl methyl sites for hydroxylation is 1. The Hall–Kier alpha value is -2.58. The van der Waals surface area contributed by atoms with Gasteiger partial charge < -0.3 is 10.2 Å². The number of amides is 2. The van der Waals surface area contributed by atoms with Crippen LogP contribution >= 0.6 is 11.6 Å². The molecule has 2 atom stereocenters. The molecule has 1 N–H and O–H groups in total. The molecule has 0 radical (unpaired) electrons. The molecule has 2 amide bonds. The second-order valence-corrected chi connectivity index (χ2v) is 11.2. The first kappa shape index (κ1) is 28.7. The van der Waals surface area contributed by atoms with Gasteiger partial charge in [-0.3, -0.25) is 13.9 Å². The van der Waals surface area contributed by atoms with Gasteiger partial charge in [0.2, 0.25) is 21.8 Å². The van der Waals surface area contributed by atoms with Crippen LogP contribution in [-0.2, 0) is 26.2 Å². The Balaban J connectivity index is 2.19. The van der Waals surface area contributed by atoms with Gasteiger partial charge in [0.05, 0.1) is 11.9 Å². The van der Waals surface area contributed by atoms with Gasteiger partial charge in [-0.15, -0.1) is 0 Å². The van der Waals surface area contributed by atoms with Crippen LogP contribution < -0.4 is 9.62 Å². The van der Waals surface area contributed by atoms with Crippen molar-refractivity contribution in [2.45, 2.75) is 65.6 Å². The number of anilines is 1. The molecule has 0 aliphatic carbocycles. The van der Waals surface area contributed by atoms with Gasteiger partial charge in [0.25, 0.3) is 0 Å². The molecule has 2 aromatic carbocycles. The molecule has 192 valence electrons. The second-order valence-electron chi connectivity index (χ2n) is 8.88. The molecule has 0 spiro atoms. The van der Waals surface area contributed by atoms with Crippen molar-refractivity contribution in [3.05, 3.63) is 64.7 Å². The van der Waals surface area contributed by atoms with E-state index in [1.807, 2.05) is 45.0 Å². The summed E-state index contributed by atoms with van der Waals surface area (Å²) >= 11 is 6.33. The molecular weight excluding hydrogens is 486 g/mol.